The van der Waals surface area contributed by atoms with Crippen LogP contribution in [0.3, 0.4) is 0 Å². The zero-order valence-electron chi connectivity index (χ0n) is 15.7. The molecule has 3 aromatic rings. The van der Waals surface area contributed by atoms with Gasteiger partial charge in [0.1, 0.15) is 11.6 Å². The first kappa shape index (κ1) is 18.4. The van der Waals surface area contributed by atoms with Gasteiger partial charge in [-0.25, -0.2) is 13.8 Å². The molecule has 0 unspecified atom stereocenters. The van der Waals surface area contributed by atoms with E-state index in [1.165, 1.54) is 6.07 Å². The Balaban J connectivity index is 1.44. The number of nitrogens with one attached hydrogen (secondary N) is 1. The van der Waals surface area contributed by atoms with Crippen LogP contribution < -0.4 is 10.2 Å². The van der Waals surface area contributed by atoms with Crippen LogP contribution in [-0.4, -0.2) is 28.5 Å². The zero-order chi connectivity index (χ0) is 19.7. The summed E-state index contributed by atoms with van der Waals surface area (Å²) in [6, 6.07) is 11.2. The molecule has 0 atom stereocenters. The Bertz CT molecular complexity index is 1010. The highest BCUT2D eigenvalue weighted by atomic mass is 19.1. The maximum absolute atomic E-state index is 13.8. The van der Waals surface area contributed by atoms with Crippen molar-refractivity contribution in [1.29, 1.82) is 0 Å². The van der Waals surface area contributed by atoms with E-state index in [0.29, 0.717) is 25.9 Å². The van der Waals surface area contributed by atoms with Crippen LogP contribution >= 0.6 is 0 Å². The lowest BCUT2D eigenvalue weighted by Crippen LogP contribution is -2.39. The SMILES string of the molecule is CCn1c(N2CCC(C(=O)Nc3ccc(F)cc3F)CC2)nc2ccccc21. The third kappa shape index (κ3) is 3.44. The Morgan fingerprint density at radius 3 is 2.64 bits per heavy atom. The standard InChI is InChI=1S/C21H22F2N4O/c1-2-27-19-6-4-3-5-18(19)25-21(27)26-11-9-14(10-12-26)20(28)24-17-8-7-15(22)13-16(17)23/h3-8,13-14H,2,9-12H2,1H3,(H,24,28). The molecular weight excluding hydrogens is 362 g/mol. The topological polar surface area (TPSA) is 50.2 Å². The first-order valence-corrected chi connectivity index (χ1v) is 9.53. The number of nitrogens with zero attached hydrogens (tertiary/aromatic N) is 3. The third-order valence-electron chi connectivity index (χ3n) is 5.29. The smallest absolute Gasteiger partial charge is 0.227 e. The Morgan fingerprint density at radius 1 is 1.18 bits per heavy atom. The van der Waals surface area contributed by atoms with Crippen LogP contribution in [0.25, 0.3) is 11.0 Å². The summed E-state index contributed by atoms with van der Waals surface area (Å²) in [6.45, 7) is 4.32. The summed E-state index contributed by atoms with van der Waals surface area (Å²) in [7, 11) is 0. The Hall–Kier alpha value is -2.96. The maximum atomic E-state index is 13.8. The van der Waals surface area contributed by atoms with Gasteiger partial charge in [0.05, 0.1) is 16.7 Å². The molecule has 0 saturated carbocycles. The van der Waals surface area contributed by atoms with E-state index in [1.54, 1.807) is 0 Å². The van der Waals surface area contributed by atoms with Gasteiger partial charge in [-0.15, -0.1) is 0 Å². The molecule has 1 aromatic heterocycles. The van der Waals surface area contributed by atoms with Crippen LogP contribution in [-0.2, 0) is 11.3 Å². The predicted molar refractivity (Wildman–Crippen MR) is 105 cm³/mol. The summed E-state index contributed by atoms with van der Waals surface area (Å²) in [5.74, 6) is -0.938. The largest absolute Gasteiger partial charge is 0.342 e. The van der Waals surface area contributed by atoms with Crippen LogP contribution in [0.2, 0.25) is 0 Å². The number of hydrogen-bond acceptors (Lipinski definition) is 3. The Morgan fingerprint density at radius 2 is 1.93 bits per heavy atom. The van der Waals surface area contributed by atoms with Gasteiger partial charge in [-0.1, -0.05) is 12.1 Å². The molecule has 0 bridgehead atoms. The van der Waals surface area contributed by atoms with E-state index in [1.807, 2.05) is 18.2 Å². The highest BCUT2D eigenvalue weighted by Crippen LogP contribution is 2.27. The monoisotopic (exact) mass is 384 g/mol. The van der Waals surface area contributed by atoms with Crippen LogP contribution in [0.4, 0.5) is 20.4 Å². The third-order valence-corrected chi connectivity index (χ3v) is 5.29. The van der Waals surface area contributed by atoms with Crippen molar-refractivity contribution in [2.45, 2.75) is 26.3 Å². The summed E-state index contributed by atoms with van der Waals surface area (Å²) in [5.41, 5.74) is 2.08. The fraction of sp³-hybridized carbons (Fsp3) is 0.333. The van der Waals surface area contributed by atoms with Crippen LogP contribution in [0.5, 0.6) is 0 Å². The molecule has 1 saturated heterocycles. The van der Waals surface area contributed by atoms with Gasteiger partial charge >= 0.3 is 0 Å². The molecule has 0 spiro atoms. The number of aromatic nitrogens is 2. The molecule has 146 valence electrons. The van der Waals surface area contributed by atoms with Gasteiger partial charge in [0.2, 0.25) is 11.9 Å². The van der Waals surface area contributed by atoms with E-state index in [9.17, 15) is 13.6 Å². The van der Waals surface area contributed by atoms with Gasteiger partial charge in [-0.05, 0) is 44.0 Å². The number of imidazole rings is 1. The van der Waals surface area contributed by atoms with E-state index < -0.39 is 11.6 Å². The number of carbonyl (C=O) groups excluding carboxylic acids is 1. The number of carbonyl (C=O) groups is 1. The highest BCUT2D eigenvalue weighted by molar-refractivity contribution is 5.92. The number of amides is 1. The van der Waals surface area contributed by atoms with Crippen molar-refractivity contribution in [3.05, 3.63) is 54.1 Å². The van der Waals surface area contributed by atoms with E-state index >= 15 is 0 Å². The lowest BCUT2D eigenvalue weighted by atomic mass is 9.96. The minimum atomic E-state index is -0.762. The lowest BCUT2D eigenvalue weighted by Gasteiger charge is -2.32. The predicted octanol–water partition coefficient (Wildman–Crippen LogP) is 4.19. The van der Waals surface area contributed by atoms with Crippen molar-refractivity contribution >= 4 is 28.6 Å². The summed E-state index contributed by atoms with van der Waals surface area (Å²) >= 11 is 0. The number of halogens is 2. The molecule has 1 aliphatic heterocycles. The number of hydrogen-bond donors (Lipinski definition) is 1. The van der Waals surface area contributed by atoms with Crippen LogP contribution in [0.15, 0.2) is 42.5 Å². The molecule has 2 heterocycles. The van der Waals surface area contributed by atoms with Gasteiger partial charge < -0.3 is 14.8 Å². The molecule has 7 heteroatoms. The van der Waals surface area contributed by atoms with Crippen molar-refractivity contribution in [3.8, 4) is 0 Å². The number of anilines is 2. The lowest BCUT2D eigenvalue weighted by molar-refractivity contribution is -0.120. The van der Waals surface area contributed by atoms with Gasteiger partial charge in [-0.3, -0.25) is 4.79 Å². The number of rotatable bonds is 4. The fourth-order valence-electron chi connectivity index (χ4n) is 3.78. The number of aryl methyl sites for hydroxylation is 1. The molecular formula is C21H22F2N4O. The van der Waals surface area contributed by atoms with Crippen molar-refractivity contribution in [1.82, 2.24) is 9.55 Å². The second-order valence-corrected chi connectivity index (χ2v) is 7.02. The fourth-order valence-corrected chi connectivity index (χ4v) is 3.78. The Kier molecular flexibility index (Phi) is 4.98. The summed E-state index contributed by atoms with van der Waals surface area (Å²) < 4.78 is 29.0. The quantitative estimate of drug-likeness (QED) is 0.734. The molecule has 1 aliphatic rings. The second-order valence-electron chi connectivity index (χ2n) is 7.02. The minimum absolute atomic E-state index is 0.0154. The normalized spacial score (nSPS) is 15.2. The molecule has 4 rings (SSSR count). The molecule has 1 fully saturated rings. The molecule has 1 amide bonds. The average molecular weight is 384 g/mol. The first-order chi connectivity index (χ1) is 13.6. The minimum Gasteiger partial charge on any atom is -0.342 e. The van der Waals surface area contributed by atoms with Gasteiger partial charge in [0.25, 0.3) is 0 Å². The van der Waals surface area contributed by atoms with Gasteiger partial charge in [0.15, 0.2) is 0 Å². The number of benzene rings is 2. The van der Waals surface area contributed by atoms with Gasteiger partial charge in [-0.2, -0.15) is 0 Å². The van der Waals surface area contributed by atoms with Crippen molar-refractivity contribution in [3.63, 3.8) is 0 Å². The van der Waals surface area contributed by atoms with Crippen LogP contribution in [0.1, 0.15) is 19.8 Å². The average Bonchev–Trinajstić information content (AvgIpc) is 3.09. The summed E-state index contributed by atoms with van der Waals surface area (Å²) in [4.78, 5) is 19.5. The van der Waals surface area contributed by atoms with Crippen molar-refractivity contribution in [2.24, 2.45) is 5.92 Å². The molecule has 2 aromatic carbocycles. The van der Waals surface area contributed by atoms with E-state index in [2.05, 4.69) is 27.8 Å². The molecule has 0 aliphatic carbocycles. The molecule has 5 nitrogen and oxygen atoms in total. The van der Waals surface area contributed by atoms with E-state index in [-0.39, 0.29) is 17.5 Å². The molecule has 0 radical (unpaired) electrons. The number of piperidine rings is 1. The first-order valence-electron chi connectivity index (χ1n) is 9.53. The second kappa shape index (κ2) is 7.58. The van der Waals surface area contributed by atoms with E-state index in [0.717, 1.165) is 35.7 Å². The van der Waals surface area contributed by atoms with Crippen LogP contribution in [0, 0.1) is 17.6 Å². The maximum Gasteiger partial charge on any atom is 0.227 e. The summed E-state index contributed by atoms with van der Waals surface area (Å²) in [5, 5.41) is 2.59. The number of fused-ring (bicyclic) bond motifs is 1. The molecule has 28 heavy (non-hydrogen) atoms. The van der Waals surface area contributed by atoms with E-state index in [4.69, 9.17) is 4.98 Å². The zero-order valence-corrected chi connectivity index (χ0v) is 15.7. The van der Waals surface area contributed by atoms with Crippen molar-refractivity contribution < 1.29 is 13.6 Å². The van der Waals surface area contributed by atoms with Gasteiger partial charge in [0, 0.05) is 31.6 Å². The Labute approximate surface area is 162 Å². The molecule has 1 N–H and O–H groups in total. The summed E-state index contributed by atoms with van der Waals surface area (Å²) in [6.07, 6.45) is 1.31. The van der Waals surface area contributed by atoms with Crippen molar-refractivity contribution in [2.75, 3.05) is 23.3 Å². The highest BCUT2D eigenvalue weighted by Gasteiger charge is 2.28. The number of para-hydroxylation sites is 2.